The van der Waals surface area contributed by atoms with Crippen molar-refractivity contribution in [2.24, 2.45) is 0 Å². The van der Waals surface area contributed by atoms with E-state index in [1.165, 1.54) is 9.13 Å². The lowest BCUT2D eigenvalue weighted by Crippen LogP contribution is -1.90. The van der Waals surface area contributed by atoms with E-state index in [4.69, 9.17) is 0 Å². The first-order chi connectivity index (χ1) is 5.29. The fourth-order valence-electron chi connectivity index (χ4n) is 1.59. The average molecular weight is 260 g/mol. The predicted molar refractivity (Wildman–Crippen MR) is 52.4 cm³/mol. The van der Waals surface area contributed by atoms with Crippen LogP contribution in [0.2, 0.25) is 0 Å². The lowest BCUT2D eigenvalue weighted by molar-refractivity contribution is 0.180. The van der Waals surface area contributed by atoms with Gasteiger partial charge in [0.05, 0.1) is 6.10 Å². The van der Waals surface area contributed by atoms with Gasteiger partial charge in [0.2, 0.25) is 0 Å². The maximum Gasteiger partial charge on any atom is 0.0796 e. The topological polar surface area (TPSA) is 20.2 Å². The first kappa shape index (κ1) is 7.55. The molecule has 0 amide bonds. The predicted octanol–water partition coefficient (Wildman–Crippen LogP) is 2.27. The van der Waals surface area contributed by atoms with Gasteiger partial charge in [0, 0.05) is 3.57 Å². The van der Waals surface area contributed by atoms with Gasteiger partial charge in [-0.2, -0.15) is 0 Å². The first-order valence-corrected chi connectivity index (χ1v) is 4.82. The van der Waals surface area contributed by atoms with Crippen LogP contribution in [0.25, 0.3) is 0 Å². The van der Waals surface area contributed by atoms with Gasteiger partial charge in [-0.25, -0.2) is 0 Å². The zero-order chi connectivity index (χ0) is 7.84. The molecule has 1 unspecified atom stereocenters. The Morgan fingerprint density at radius 2 is 2.27 bits per heavy atom. The summed E-state index contributed by atoms with van der Waals surface area (Å²) in [5.74, 6) is 0. The van der Waals surface area contributed by atoms with Crippen LogP contribution in [0.4, 0.5) is 0 Å². The molecule has 0 radical (unpaired) electrons. The summed E-state index contributed by atoms with van der Waals surface area (Å²) in [6.07, 6.45) is 1.73. The highest BCUT2D eigenvalue weighted by molar-refractivity contribution is 14.1. The highest BCUT2D eigenvalue weighted by Crippen LogP contribution is 2.33. The van der Waals surface area contributed by atoms with Crippen molar-refractivity contribution in [2.45, 2.75) is 18.9 Å². The maximum absolute atomic E-state index is 9.50. The van der Waals surface area contributed by atoms with E-state index in [0.717, 1.165) is 18.4 Å². The normalized spacial score (nSPS) is 21.8. The molecule has 58 valence electrons. The quantitative estimate of drug-likeness (QED) is 0.709. The molecule has 1 atom stereocenters. The highest BCUT2D eigenvalue weighted by Gasteiger charge is 2.20. The molecule has 1 nitrogen and oxygen atoms in total. The van der Waals surface area contributed by atoms with E-state index >= 15 is 0 Å². The van der Waals surface area contributed by atoms with Crippen molar-refractivity contribution in [3.63, 3.8) is 0 Å². The van der Waals surface area contributed by atoms with Crippen LogP contribution in [-0.2, 0) is 6.42 Å². The van der Waals surface area contributed by atoms with Gasteiger partial charge in [0.1, 0.15) is 0 Å². The van der Waals surface area contributed by atoms with Gasteiger partial charge in [-0.3, -0.25) is 0 Å². The molecule has 0 spiro atoms. The Bertz CT molecular complexity index is 283. The average Bonchev–Trinajstić information content (AvgIpc) is 2.35. The summed E-state index contributed by atoms with van der Waals surface area (Å²) >= 11 is 2.32. The molecule has 1 aromatic carbocycles. The van der Waals surface area contributed by atoms with Gasteiger partial charge in [-0.15, -0.1) is 0 Å². The van der Waals surface area contributed by atoms with Gasteiger partial charge in [0.15, 0.2) is 0 Å². The molecule has 2 heteroatoms. The zero-order valence-corrected chi connectivity index (χ0v) is 8.21. The van der Waals surface area contributed by atoms with Crippen LogP contribution in [-0.4, -0.2) is 5.11 Å². The second-order valence-electron chi connectivity index (χ2n) is 2.86. The highest BCUT2D eigenvalue weighted by atomic mass is 127. The molecular weight excluding hydrogens is 251 g/mol. The molecule has 0 fully saturated rings. The monoisotopic (exact) mass is 260 g/mol. The Morgan fingerprint density at radius 1 is 1.45 bits per heavy atom. The third kappa shape index (κ3) is 1.18. The lowest BCUT2D eigenvalue weighted by atomic mass is 10.1. The summed E-state index contributed by atoms with van der Waals surface area (Å²) in [6.45, 7) is 0. The number of hydrogen-bond donors (Lipinski definition) is 1. The Balaban J connectivity index is 2.57. The van der Waals surface area contributed by atoms with Crippen molar-refractivity contribution in [1.29, 1.82) is 0 Å². The lowest BCUT2D eigenvalue weighted by Gasteiger charge is -2.03. The Hall–Kier alpha value is -0.0900. The van der Waals surface area contributed by atoms with Crippen LogP contribution in [0, 0.1) is 3.57 Å². The van der Waals surface area contributed by atoms with Gasteiger partial charge >= 0.3 is 0 Å². The largest absolute Gasteiger partial charge is 0.388 e. The molecule has 1 N–H and O–H groups in total. The maximum atomic E-state index is 9.50. The molecule has 11 heavy (non-hydrogen) atoms. The van der Waals surface area contributed by atoms with Crippen molar-refractivity contribution in [3.8, 4) is 0 Å². The summed E-state index contributed by atoms with van der Waals surface area (Å²) in [4.78, 5) is 0. The molecule has 1 aliphatic rings. The molecule has 0 heterocycles. The van der Waals surface area contributed by atoms with E-state index in [1.54, 1.807) is 0 Å². The SMILES string of the molecule is OC1CCc2c(I)cccc21. The summed E-state index contributed by atoms with van der Waals surface area (Å²) in [7, 11) is 0. The fraction of sp³-hybridized carbons (Fsp3) is 0.333. The Labute approximate surface area is 79.6 Å². The molecule has 1 aliphatic carbocycles. The molecule has 0 aliphatic heterocycles. The summed E-state index contributed by atoms with van der Waals surface area (Å²) in [5, 5.41) is 9.50. The zero-order valence-electron chi connectivity index (χ0n) is 6.05. The number of halogens is 1. The van der Waals surface area contributed by atoms with E-state index in [9.17, 15) is 5.11 Å². The number of aliphatic hydroxyl groups excluding tert-OH is 1. The van der Waals surface area contributed by atoms with Crippen LogP contribution in [0.3, 0.4) is 0 Å². The summed E-state index contributed by atoms with van der Waals surface area (Å²) in [6, 6.07) is 6.13. The van der Waals surface area contributed by atoms with E-state index in [0.29, 0.717) is 0 Å². The minimum Gasteiger partial charge on any atom is -0.388 e. The van der Waals surface area contributed by atoms with Crippen LogP contribution in [0.15, 0.2) is 18.2 Å². The van der Waals surface area contributed by atoms with Gasteiger partial charge in [0.25, 0.3) is 0 Å². The van der Waals surface area contributed by atoms with Crippen molar-refractivity contribution in [1.82, 2.24) is 0 Å². The van der Waals surface area contributed by atoms with Crippen molar-refractivity contribution >= 4 is 22.6 Å². The van der Waals surface area contributed by atoms with Gasteiger partial charge in [-0.05, 0) is 52.6 Å². The van der Waals surface area contributed by atoms with Crippen LogP contribution < -0.4 is 0 Å². The van der Waals surface area contributed by atoms with E-state index < -0.39 is 0 Å². The molecule has 0 bridgehead atoms. The van der Waals surface area contributed by atoms with Crippen molar-refractivity contribution in [3.05, 3.63) is 32.9 Å². The first-order valence-electron chi connectivity index (χ1n) is 3.74. The summed E-state index contributed by atoms with van der Waals surface area (Å²) < 4.78 is 1.29. The van der Waals surface area contributed by atoms with Crippen LogP contribution in [0.5, 0.6) is 0 Å². The van der Waals surface area contributed by atoms with Crippen molar-refractivity contribution < 1.29 is 5.11 Å². The smallest absolute Gasteiger partial charge is 0.0796 e. The van der Waals surface area contributed by atoms with Crippen LogP contribution >= 0.6 is 22.6 Å². The van der Waals surface area contributed by atoms with Crippen LogP contribution in [0.1, 0.15) is 23.7 Å². The number of aliphatic hydroxyl groups is 1. The standard InChI is InChI=1S/C9H9IO/c10-8-3-1-2-7-6(8)4-5-9(7)11/h1-3,9,11H,4-5H2. The fourth-order valence-corrected chi connectivity index (χ4v) is 2.38. The third-order valence-corrected chi connectivity index (χ3v) is 3.19. The number of rotatable bonds is 0. The molecular formula is C9H9IO. The summed E-state index contributed by atoms with van der Waals surface area (Å²) in [5.41, 5.74) is 2.48. The Morgan fingerprint density at radius 3 is 3.00 bits per heavy atom. The second kappa shape index (κ2) is 2.75. The van der Waals surface area contributed by atoms with Crippen molar-refractivity contribution in [2.75, 3.05) is 0 Å². The molecule has 0 aromatic heterocycles. The minimum atomic E-state index is -0.209. The minimum absolute atomic E-state index is 0.209. The molecule has 2 rings (SSSR count). The van der Waals surface area contributed by atoms with Gasteiger partial charge < -0.3 is 5.11 Å². The molecule has 0 saturated carbocycles. The van der Waals surface area contributed by atoms with E-state index in [2.05, 4.69) is 28.7 Å². The van der Waals surface area contributed by atoms with E-state index in [-0.39, 0.29) is 6.10 Å². The third-order valence-electron chi connectivity index (χ3n) is 2.18. The van der Waals surface area contributed by atoms with Gasteiger partial charge in [-0.1, -0.05) is 12.1 Å². The molecule has 1 aromatic rings. The van der Waals surface area contributed by atoms with E-state index in [1.807, 2.05) is 12.1 Å². The number of benzene rings is 1. The second-order valence-corrected chi connectivity index (χ2v) is 4.02. The number of hydrogen-bond acceptors (Lipinski definition) is 1. The Kier molecular flexibility index (Phi) is 1.89. The number of fused-ring (bicyclic) bond motifs is 1. The molecule has 0 saturated heterocycles.